The quantitative estimate of drug-likeness (QED) is 0.607. The summed E-state index contributed by atoms with van der Waals surface area (Å²) in [5, 5.41) is 18.2. The summed E-state index contributed by atoms with van der Waals surface area (Å²) in [4.78, 5) is 22.2. The van der Waals surface area contributed by atoms with E-state index in [1.165, 1.54) is 12.1 Å². The van der Waals surface area contributed by atoms with E-state index >= 15 is 0 Å². The van der Waals surface area contributed by atoms with E-state index in [2.05, 4.69) is 0 Å². The summed E-state index contributed by atoms with van der Waals surface area (Å²) in [7, 11) is 0. The number of carbonyl (C=O) groups is 2. The second-order valence-corrected chi connectivity index (χ2v) is 5.30. The Morgan fingerprint density at radius 3 is 2.13 bits per heavy atom. The van der Waals surface area contributed by atoms with Crippen LogP contribution in [0.5, 0.6) is 0 Å². The minimum Gasteiger partial charge on any atom is -0.481 e. The summed E-state index contributed by atoms with van der Waals surface area (Å²) in [5.74, 6) is -2.26. The van der Waals surface area contributed by atoms with Gasteiger partial charge in [0.25, 0.3) is 0 Å². The van der Waals surface area contributed by atoms with Gasteiger partial charge in [-0.15, -0.1) is 0 Å². The highest BCUT2D eigenvalue weighted by atomic mass is 16.4. The molecule has 120 valence electrons. The molecule has 0 radical (unpaired) electrons. The number of anilines is 2. The Hall–Kier alpha value is -3.02. The average Bonchev–Trinajstić information content (AvgIpc) is 2.50. The van der Waals surface area contributed by atoms with E-state index in [1.807, 2.05) is 12.1 Å². The Morgan fingerprint density at radius 1 is 0.957 bits per heavy atom. The van der Waals surface area contributed by atoms with Crippen LogP contribution in [0.4, 0.5) is 11.4 Å². The first-order chi connectivity index (χ1) is 10.9. The lowest BCUT2D eigenvalue weighted by molar-refractivity contribution is -0.137. The highest BCUT2D eigenvalue weighted by molar-refractivity contribution is 5.93. The van der Waals surface area contributed by atoms with E-state index in [0.717, 1.165) is 5.56 Å². The third kappa shape index (κ3) is 4.00. The van der Waals surface area contributed by atoms with Crippen molar-refractivity contribution in [1.82, 2.24) is 0 Å². The van der Waals surface area contributed by atoms with Gasteiger partial charge in [-0.3, -0.25) is 4.79 Å². The Kier molecular flexibility index (Phi) is 4.85. The van der Waals surface area contributed by atoms with Gasteiger partial charge in [0, 0.05) is 23.7 Å². The molecule has 6 nitrogen and oxygen atoms in total. The monoisotopic (exact) mass is 314 g/mol. The SMILES string of the molecule is Nc1ccc(C(CCC(=O)O)c2ccc(N)c(C(=O)O)c2)cc1. The Bertz CT molecular complexity index is 726. The molecule has 0 fully saturated rings. The van der Waals surface area contributed by atoms with E-state index < -0.39 is 11.9 Å². The lowest BCUT2D eigenvalue weighted by Crippen LogP contribution is -2.08. The second kappa shape index (κ2) is 6.83. The van der Waals surface area contributed by atoms with Crippen molar-refractivity contribution >= 4 is 23.3 Å². The molecule has 6 N–H and O–H groups in total. The zero-order valence-corrected chi connectivity index (χ0v) is 12.4. The van der Waals surface area contributed by atoms with Crippen molar-refractivity contribution in [3.63, 3.8) is 0 Å². The number of nitrogens with two attached hydrogens (primary N) is 2. The number of rotatable bonds is 6. The zero-order valence-electron chi connectivity index (χ0n) is 12.4. The molecule has 0 bridgehead atoms. The topological polar surface area (TPSA) is 127 Å². The number of carboxylic acid groups (broad SMARTS) is 2. The van der Waals surface area contributed by atoms with Crippen LogP contribution in [0, 0.1) is 0 Å². The fourth-order valence-corrected chi connectivity index (χ4v) is 2.50. The van der Waals surface area contributed by atoms with Gasteiger partial charge in [0.05, 0.1) is 5.56 Å². The third-order valence-electron chi connectivity index (χ3n) is 3.70. The molecule has 1 unspecified atom stereocenters. The molecule has 1 atom stereocenters. The molecule has 0 saturated heterocycles. The van der Waals surface area contributed by atoms with Crippen molar-refractivity contribution in [3.05, 3.63) is 59.2 Å². The van der Waals surface area contributed by atoms with Gasteiger partial charge in [-0.25, -0.2) is 4.79 Å². The Labute approximate surface area is 133 Å². The zero-order chi connectivity index (χ0) is 17.0. The van der Waals surface area contributed by atoms with Gasteiger partial charge in [-0.2, -0.15) is 0 Å². The third-order valence-corrected chi connectivity index (χ3v) is 3.70. The first kappa shape index (κ1) is 16.4. The van der Waals surface area contributed by atoms with E-state index in [-0.39, 0.29) is 23.6 Å². The summed E-state index contributed by atoms with van der Waals surface area (Å²) >= 11 is 0. The van der Waals surface area contributed by atoms with Crippen LogP contribution in [0.15, 0.2) is 42.5 Å². The van der Waals surface area contributed by atoms with E-state index in [4.69, 9.17) is 16.6 Å². The molecule has 0 aromatic heterocycles. The molecule has 2 rings (SSSR count). The van der Waals surface area contributed by atoms with Gasteiger partial charge in [0.1, 0.15) is 0 Å². The van der Waals surface area contributed by atoms with Gasteiger partial charge in [-0.1, -0.05) is 18.2 Å². The average molecular weight is 314 g/mol. The van der Waals surface area contributed by atoms with Crippen LogP contribution in [0.2, 0.25) is 0 Å². The number of nitrogen functional groups attached to an aromatic ring is 2. The summed E-state index contributed by atoms with van der Waals surface area (Å²) in [6, 6.07) is 11.9. The van der Waals surface area contributed by atoms with Gasteiger partial charge in [-0.05, 0) is 41.8 Å². The fourth-order valence-electron chi connectivity index (χ4n) is 2.50. The van der Waals surface area contributed by atoms with Crippen molar-refractivity contribution in [2.24, 2.45) is 0 Å². The summed E-state index contributed by atoms with van der Waals surface area (Å²) < 4.78 is 0. The second-order valence-electron chi connectivity index (χ2n) is 5.30. The molecule has 0 aliphatic heterocycles. The first-order valence-electron chi connectivity index (χ1n) is 7.08. The number of aliphatic carboxylic acids is 1. The van der Waals surface area contributed by atoms with Crippen LogP contribution in [0.3, 0.4) is 0 Å². The van der Waals surface area contributed by atoms with Crippen LogP contribution < -0.4 is 11.5 Å². The Balaban J connectivity index is 2.44. The summed E-state index contributed by atoms with van der Waals surface area (Å²) in [6.45, 7) is 0. The molecule has 6 heteroatoms. The van der Waals surface area contributed by atoms with Crippen molar-refractivity contribution in [3.8, 4) is 0 Å². The standard InChI is InChI=1S/C17H18N2O4/c18-12-4-1-10(2-5-12)13(6-8-16(20)21)11-3-7-15(19)14(9-11)17(22)23/h1-5,7,9,13H,6,8,18-19H2,(H,20,21)(H,22,23). The molecule has 23 heavy (non-hydrogen) atoms. The van der Waals surface area contributed by atoms with Crippen molar-refractivity contribution < 1.29 is 19.8 Å². The molecule has 2 aromatic rings. The van der Waals surface area contributed by atoms with Gasteiger partial charge < -0.3 is 21.7 Å². The van der Waals surface area contributed by atoms with Crippen LogP contribution in [-0.4, -0.2) is 22.2 Å². The molecular formula is C17H18N2O4. The smallest absolute Gasteiger partial charge is 0.337 e. The fraction of sp³-hybridized carbons (Fsp3) is 0.176. The highest BCUT2D eigenvalue weighted by Crippen LogP contribution is 2.31. The summed E-state index contributed by atoms with van der Waals surface area (Å²) in [6.07, 6.45) is 0.323. The minimum atomic E-state index is -1.11. The number of hydrogen-bond acceptors (Lipinski definition) is 4. The normalized spacial score (nSPS) is 11.8. The molecule has 2 aromatic carbocycles. The molecule has 0 aliphatic rings. The maximum atomic E-state index is 11.3. The number of benzene rings is 2. The maximum absolute atomic E-state index is 11.3. The molecule has 0 heterocycles. The Morgan fingerprint density at radius 2 is 1.57 bits per heavy atom. The van der Waals surface area contributed by atoms with E-state index in [1.54, 1.807) is 18.2 Å². The molecule has 0 saturated carbocycles. The molecule has 0 aliphatic carbocycles. The molecule has 0 spiro atoms. The number of hydrogen-bond donors (Lipinski definition) is 4. The van der Waals surface area contributed by atoms with Crippen LogP contribution in [-0.2, 0) is 4.79 Å². The van der Waals surface area contributed by atoms with Gasteiger partial charge in [0.2, 0.25) is 0 Å². The van der Waals surface area contributed by atoms with Gasteiger partial charge >= 0.3 is 11.9 Å². The van der Waals surface area contributed by atoms with Crippen LogP contribution in [0.25, 0.3) is 0 Å². The predicted octanol–water partition coefficient (Wildman–Crippen LogP) is 2.55. The first-order valence-corrected chi connectivity index (χ1v) is 7.08. The van der Waals surface area contributed by atoms with Crippen molar-refractivity contribution in [2.45, 2.75) is 18.8 Å². The van der Waals surface area contributed by atoms with Crippen LogP contribution in [0.1, 0.15) is 40.2 Å². The lowest BCUT2D eigenvalue weighted by Gasteiger charge is -2.18. The molecule has 0 amide bonds. The van der Waals surface area contributed by atoms with E-state index in [9.17, 15) is 14.7 Å². The minimum absolute atomic E-state index is 0.0123. The van der Waals surface area contributed by atoms with Gasteiger partial charge in [0.15, 0.2) is 0 Å². The van der Waals surface area contributed by atoms with Crippen LogP contribution >= 0.6 is 0 Å². The maximum Gasteiger partial charge on any atom is 0.337 e. The van der Waals surface area contributed by atoms with Crippen molar-refractivity contribution in [2.75, 3.05) is 11.5 Å². The largest absolute Gasteiger partial charge is 0.481 e. The van der Waals surface area contributed by atoms with Crippen molar-refractivity contribution in [1.29, 1.82) is 0 Å². The van der Waals surface area contributed by atoms with E-state index in [0.29, 0.717) is 17.7 Å². The highest BCUT2D eigenvalue weighted by Gasteiger charge is 2.18. The summed E-state index contributed by atoms with van der Waals surface area (Å²) in [5.41, 5.74) is 13.7. The lowest BCUT2D eigenvalue weighted by atomic mass is 9.86. The number of carboxylic acids is 2. The number of aromatic carboxylic acids is 1. The molecular weight excluding hydrogens is 296 g/mol. The predicted molar refractivity (Wildman–Crippen MR) is 87.4 cm³/mol.